The number of amides is 2. The first-order valence-corrected chi connectivity index (χ1v) is 16.2. The van der Waals surface area contributed by atoms with E-state index in [4.69, 9.17) is 4.52 Å². The molecule has 11 heteroatoms. The molecule has 4 atom stereocenters. The first-order chi connectivity index (χ1) is 19.8. The minimum atomic E-state index is -3.69. The Morgan fingerprint density at radius 3 is 2.24 bits per heavy atom. The Morgan fingerprint density at radius 1 is 1.02 bits per heavy atom. The number of hydrogen-bond acceptors (Lipinski definition) is 6. The van der Waals surface area contributed by atoms with E-state index in [1.807, 2.05) is 66.7 Å². The second kappa shape index (κ2) is 14.5. The van der Waals surface area contributed by atoms with Gasteiger partial charge < -0.3 is 19.8 Å². The van der Waals surface area contributed by atoms with Gasteiger partial charge in [-0.15, -0.1) is 11.8 Å². The molecule has 216 valence electrons. The van der Waals surface area contributed by atoms with Crippen molar-refractivity contribution in [1.82, 2.24) is 15.3 Å². The molecule has 1 saturated heterocycles. The molecule has 0 bridgehead atoms. The maximum absolute atomic E-state index is 14.2. The van der Waals surface area contributed by atoms with Crippen LogP contribution in [0.3, 0.4) is 0 Å². The number of hydrogen-bond donors (Lipinski definition) is 3. The number of carboxylic acids is 1. The fourth-order valence-electron chi connectivity index (χ4n) is 4.75. The van der Waals surface area contributed by atoms with Gasteiger partial charge in [0.05, 0.1) is 12.8 Å². The van der Waals surface area contributed by atoms with E-state index in [9.17, 15) is 24.1 Å². The molecule has 1 aliphatic heterocycles. The monoisotopic (exact) mass is 595 g/mol. The summed E-state index contributed by atoms with van der Waals surface area (Å²) >= 11 is 1.40. The van der Waals surface area contributed by atoms with Gasteiger partial charge in [0.1, 0.15) is 18.0 Å². The van der Waals surface area contributed by atoms with Crippen LogP contribution >= 0.6 is 19.3 Å². The third kappa shape index (κ3) is 8.53. The number of carbonyl (C=O) groups excluding carboxylic acids is 2. The molecule has 41 heavy (non-hydrogen) atoms. The highest BCUT2D eigenvalue weighted by Gasteiger charge is 2.41. The van der Waals surface area contributed by atoms with Gasteiger partial charge in [-0.2, -0.15) is 0 Å². The van der Waals surface area contributed by atoms with Crippen molar-refractivity contribution < 1.29 is 28.6 Å². The molecule has 0 aromatic heterocycles. The van der Waals surface area contributed by atoms with Crippen molar-refractivity contribution in [3.63, 3.8) is 0 Å². The number of benzene rings is 3. The topological polar surface area (TPSA) is 125 Å². The van der Waals surface area contributed by atoms with Crippen molar-refractivity contribution >= 4 is 37.1 Å². The highest BCUT2D eigenvalue weighted by molar-refractivity contribution is 7.99. The van der Waals surface area contributed by atoms with Crippen LogP contribution in [0.1, 0.15) is 33.8 Å². The maximum Gasteiger partial charge on any atom is 0.323 e. The fourth-order valence-corrected chi connectivity index (χ4v) is 8.37. The summed E-state index contributed by atoms with van der Waals surface area (Å²) in [6, 6.07) is 26.0. The maximum atomic E-state index is 14.2. The lowest BCUT2D eigenvalue weighted by Gasteiger charge is -2.39. The van der Waals surface area contributed by atoms with Crippen LogP contribution in [0.15, 0.2) is 91.0 Å². The van der Waals surface area contributed by atoms with Crippen LogP contribution in [0.4, 0.5) is 0 Å². The summed E-state index contributed by atoms with van der Waals surface area (Å²) < 4.78 is 20.0. The zero-order valence-electron chi connectivity index (χ0n) is 22.7. The van der Waals surface area contributed by atoms with E-state index in [-0.39, 0.29) is 24.4 Å². The SMILES string of the molecule is CCOP(=O)(CC(Cc1ccccc1)NC(=O)c1ccccc1)NC1CSC(c2ccccc2)N(CC(=O)O)C1=O. The summed E-state index contributed by atoms with van der Waals surface area (Å²) in [5.41, 5.74) is 2.22. The Morgan fingerprint density at radius 2 is 1.63 bits per heavy atom. The molecule has 2 amide bonds. The summed E-state index contributed by atoms with van der Waals surface area (Å²) in [5, 5.41) is 15.0. The van der Waals surface area contributed by atoms with Gasteiger partial charge in [0.25, 0.3) is 13.4 Å². The molecular weight excluding hydrogens is 561 g/mol. The van der Waals surface area contributed by atoms with Crippen LogP contribution in [0.5, 0.6) is 0 Å². The van der Waals surface area contributed by atoms with Gasteiger partial charge in [0.2, 0.25) is 5.91 Å². The van der Waals surface area contributed by atoms with Crippen LogP contribution < -0.4 is 10.4 Å². The van der Waals surface area contributed by atoms with Crippen LogP contribution in [-0.4, -0.2) is 64.9 Å². The summed E-state index contributed by atoms with van der Waals surface area (Å²) in [6.07, 6.45) is 0.330. The molecule has 1 aliphatic rings. The van der Waals surface area contributed by atoms with E-state index in [0.717, 1.165) is 11.1 Å². The number of thioether (sulfide) groups is 1. The molecule has 4 unspecified atom stereocenters. The number of nitrogens with one attached hydrogen (secondary N) is 2. The lowest BCUT2D eigenvalue weighted by atomic mass is 10.1. The van der Waals surface area contributed by atoms with E-state index in [2.05, 4.69) is 10.4 Å². The number of aliphatic carboxylic acids is 1. The third-order valence-corrected chi connectivity index (χ3v) is 10.2. The first kappa shape index (κ1) is 30.5. The van der Waals surface area contributed by atoms with Crippen molar-refractivity contribution in [2.45, 2.75) is 30.8 Å². The highest BCUT2D eigenvalue weighted by atomic mass is 32.2. The molecule has 4 rings (SSSR count). The molecule has 0 radical (unpaired) electrons. The van der Waals surface area contributed by atoms with E-state index in [1.165, 1.54) is 16.7 Å². The number of carbonyl (C=O) groups is 3. The molecule has 0 spiro atoms. The highest BCUT2D eigenvalue weighted by Crippen LogP contribution is 2.46. The van der Waals surface area contributed by atoms with Crippen molar-refractivity contribution in [2.24, 2.45) is 0 Å². The lowest BCUT2D eigenvalue weighted by Crippen LogP contribution is -2.53. The smallest absolute Gasteiger partial charge is 0.323 e. The van der Waals surface area contributed by atoms with Gasteiger partial charge in [-0.1, -0.05) is 78.9 Å². The molecule has 9 nitrogen and oxygen atoms in total. The normalized spacial score (nSPS) is 19.2. The van der Waals surface area contributed by atoms with Crippen molar-refractivity contribution in [1.29, 1.82) is 0 Å². The molecular formula is C30H34N3O6PS. The molecule has 0 saturated carbocycles. The summed E-state index contributed by atoms with van der Waals surface area (Å²) in [4.78, 5) is 39.6. The van der Waals surface area contributed by atoms with E-state index in [1.54, 1.807) is 31.2 Å². The Bertz CT molecular complexity index is 1360. The van der Waals surface area contributed by atoms with E-state index in [0.29, 0.717) is 12.0 Å². The number of carboxylic acid groups (broad SMARTS) is 1. The molecule has 0 aliphatic carbocycles. The standard InChI is InChI=1S/C30H34N3O6PS/c1-2-39-40(38,20-25(18-22-12-6-3-7-13-22)31-28(36)23-14-8-4-9-15-23)32-26-21-41-30(24-16-10-5-11-17-24)33(29(26)37)19-27(34)35/h3-17,25-26,30H,2,18-21H2,1H3,(H,31,36)(H,32,38)(H,34,35). The second-order valence-electron chi connectivity index (χ2n) is 9.64. The summed E-state index contributed by atoms with van der Waals surface area (Å²) in [7, 11) is -3.69. The molecule has 3 aromatic carbocycles. The van der Waals surface area contributed by atoms with E-state index >= 15 is 0 Å². The van der Waals surface area contributed by atoms with Crippen LogP contribution in [0, 0.1) is 0 Å². The van der Waals surface area contributed by atoms with Gasteiger partial charge in [-0.05, 0) is 36.6 Å². The Balaban J connectivity index is 1.55. The largest absolute Gasteiger partial charge is 0.480 e. The van der Waals surface area contributed by atoms with Gasteiger partial charge in [-0.25, -0.2) is 5.09 Å². The Hall–Kier alpha value is -3.43. The van der Waals surface area contributed by atoms with Crippen molar-refractivity contribution in [3.8, 4) is 0 Å². The van der Waals surface area contributed by atoms with Gasteiger partial charge in [0, 0.05) is 17.4 Å². The van der Waals surface area contributed by atoms with Gasteiger partial charge in [0.15, 0.2) is 0 Å². The van der Waals surface area contributed by atoms with Gasteiger partial charge >= 0.3 is 5.97 Å². The fraction of sp³-hybridized carbons (Fsp3) is 0.300. The first-order valence-electron chi connectivity index (χ1n) is 13.4. The van der Waals surface area contributed by atoms with Crippen LogP contribution in [-0.2, 0) is 25.1 Å². The minimum Gasteiger partial charge on any atom is -0.480 e. The van der Waals surface area contributed by atoms with Crippen LogP contribution in [0.2, 0.25) is 0 Å². The zero-order valence-corrected chi connectivity index (χ0v) is 24.4. The third-order valence-electron chi connectivity index (χ3n) is 6.52. The molecule has 3 N–H and O–H groups in total. The van der Waals surface area contributed by atoms with Crippen LogP contribution in [0.25, 0.3) is 0 Å². The average Bonchev–Trinajstić information content (AvgIpc) is 2.96. The summed E-state index contributed by atoms with van der Waals surface area (Å²) in [5.74, 6) is -1.64. The molecule has 1 fully saturated rings. The minimum absolute atomic E-state index is 0.0657. The van der Waals surface area contributed by atoms with Crippen molar-refractivity contribution in [3.05, 3.63) is 108 Å². The average molecular weight is 596 g/mol. The predicted molar refractivity (Wildman–Crippen MR) is 160 cm³/mol. The van der Waals surface area contributed by atoms with Gasteiger partial charge in [-0.3, -0.25) is 18.9 Å². The Kier molecular flexibility index (Phi) is 10.8. The molecule has 3 aromatic rings. The second-order valence-corrected chi connectivity index (χ2v) is 13.0. The number of nitrogens with zero attached hydrogens (tertiary/aromatic N) is 1. The number of rotatable bonds is 13. The predicted octanol–water partition coefficient (Wildman–Crippen LogP) is 4.57. The quantitative estimate of drug-likeness (QED) is 0.246. The Labute approximate surface area is 244 Å². The van der Waals surface area contributed by atoms with E-state index < -0.39 is 43.4 Å². The lowest BCUT2D eigenvalue weighted by molar-refractivity contribution is -0.145. The zero-order chi connectivity index (χ0) is 29.2. The molecule has 1 heterocycles. The van der Waals surface area contributed by atoms with Crippen molar-refractivity contribution in [2.75, 3.05) is 25.1 Å². The summed E-state index contributed by atoms with van der Waals surface area (Å²) in [6.45, 7) is 1.34.